The van der Waals surface area contributed by atoms with Gasteiger partial charge in [-0.05, 0) is 33.5 Å². The number of nitroso groups, excluding NO2 is 1. The Balaban J connectivity index is 2.53. The molecule has 82 valence electrons. The zero-order chi connectivity index (χ0) is 11.8. The molecule has 0 aromatic heterocycles. The summed E-state index contributed by atoms with van der Waals surface area (Å²) in [6.45, 7) is 0. The molecule has 0 heterocycles. The molecule has 0 spiro atoms. The van der Waals surface area contributed by atoms with Gasteiger partial charge in [0.05, 0.1) is 0 Å². The van der Waals surface area contributed by atoms with Crippen LogP contribution in [0, 0.1) is 4.91 Å². The molecule has 3 nitrogen and oxygen atoms in total. The first-order chi connectivity index (χ1) is 8.31. The summed E-state index contributed by atoms with van der Waals surface area (Å²) in [5, 5.41) is 16.4. The van der Waals surface area contributed by atoms with Crippen molar-refractivity contribution in [2.75, 3.05) is 0 Å². The van der Waals surface area contributed by atoms with Crippen LogP contribution in [0.15, 0.2) is 53.7 Å². The van der Waals surface area contributed by atoms with E-state index in [9.17, 15) is 10.0 Å². The second-order valence-corrected chi connectivity index (χ2v) is 3.91. The highest BCUT2D eigenvalue weighted by Gasteiger charge is 2.08. The molecular weight excluding hydrogens is 214 g/mol. The topological polar surface area (TPSA) is 49.7 Å². The van der Waals surface area contributed by atoms with Gasteiger partial charge in [0.2, 0.25) is 0 Å². The van der Waals surface area contributed by atoms with E-state index in [4.69, 9.17) is 0 Å². The second-order valence-electron chi connectivity index (χ2n) is 3.91. The van der Waals surface area contributed by atoms with Crippen LogP contribution >= 0.6 is 0 Å². The number of hydrogen-bond donors (Lipinski definition) is 1. The lowest BCUT2D eigenvalue weighted by Crippen LogP contribution is -1.78. The molecule has 0 saturated carbocycles. The maximum atomic E-state index is 10.5. The molecule has 0 aliphatic heterocycles. The van der Waals surface area contributed by atoms with E-state index in [0.29, 0.717) is 5.39 Å². The van der Waals surface area contributed by atoms with Gasteiger partial charge in [0.1, 0.15) is 5.69 Å². The van der Waals surface area contributed by atoms with Gasteiger partial charge in [0.15, 0.2) is 5.75 Å². The number of phenols is 1. The van der Waals surface area contributed by atoms with Crippen LogP contribution in [-0.4, -0.2) is 5.11 Å². The van der Waals surface area contributed by atoms with E-state index in [0.717, 1.165) is 16.2 Å². The van der Waals surface area contributed by atoms with E-state index in [1.165, 1.54) is 6.07 Å². The molecule has 0 radical (unpaired) electrons. The average molecular weight is 223 g/mol. The molecule has 0 amide bonds. The Morgan fingerprint density at radius 2 is 1.59 bits per heavy atom. The Morgan fingerprint density at radius 3 is 2.41 bits per heavy atom. The van der Waals surface area contributed by atoms with Crippen molar-refractivity contribution in [3.8, 4) is 5.75 Å². The van der Waals surface area contributed by atoms with Crippen LogP contribution in [0.2, 0.25) is 0 Å². The molecule has 0 atom stereocenters. The fourth-order valence-corrected chi connectivity index (χ4v) is 2.13. The summed E-state index contributed by atoms with van der Waals surface area (Å²) in [6, 6.07) is 15.0. The van der Waals surface area contributed by atoms with Gasteiger partial charge in [-0.1, -0.05) is 36.4 Å². The molecule has 3 heteroatoms. The maximum Gasteiger partial charge on any atom is 0.152 e. The van der Waals surface area contributed by atoms with Crippen molar-refractivity contribution in [1.29, 1.82) is 0 Å². The molecule has 0 unspecified atom stereocenters. The van der Waals surface area contributed by atoms with Gasteiger partial charge in [-0.15, -0.1) is 4.91 Å². The summed E-state index contributed by atoms with van der Waals surface area (Å²) in [6.07, 6.45) is 0. The van der Waals surface area contributed by atoms with E-state index < -0.39 is 0 Å². The molecule has 3 rings (SSSR count). The molecule has 0 bridgehead atoms. The highest BCUT2D eigenvalue weighted by atomic mass is 16.3. The number of phenolic OH excluding ortho intramolecular Hbond substituents is 1. The Kier molecular flexibility index (Phi) is 2.05. The number of fused-ring (bicyclic) bond motifs is 3. The molecule has 0 aliphatic carbocycles. The van der Waals surface area contributed by atoms with Crippen LogP contribution in [0.1, 0.15) is 0 Å². The van der Waals surface area contributed by atoms with Crippen molar-refractivity contribution in [2.24, 2.45) is 5.18 Å². The van der Waals surface area contributed by atoms with Gasteiger partial charge in [-0.25, -0.2) is 0 Å². The van der Waals surface area contributed by atoms with Gasteiger partial charge in [0, 0.05) is 5.39 Å². The first-order valence-corrected chi connectivity index (χ1v) is 5.28. The van der Waals surface area contributed by atoms with Gasteiger partial charge < -0.3 is 5.11 Å². The normalized spacial score (nSPS) is 10.8. The Bertz CT molecular complexity index is 735. The second kappa shape index (κ2) is 3.56. The lowest BCUT2D eigenvalue weighted by atomic mass is 10.0. The molecule has 17 heavy (non-hydrogen) atoms. The van der Waals surface area contributed by atoms with Crippen LogP contribution in [0.4, 0.5) is 5.69 Å². The lowest BCUT2D eigenvalue weighted by molar-refractivity contribution is 0.483. The zero-order valence-electron chi connectivity index (χ0n) is 8.92. The summed E-state index contributed by atoms with van der Waals surface area (Å²) in [5.41, 5.74) is 0.0766. The Labute approximate surface area is 97.3 Å². The predicted octanol–water partition coefficient (Wildman–Crippen LogP) is 4.10. The summed E-state index contributed by atoms with van der Waals surface area (Å²) in [7, 11) is 0. The van der Waals surface area contributed by atoms with E-state index in [1.54, 1.807) is 0 Å². The van der Waals surface area contributed by atoms with Crippen molar-refractivity contribution in [3.05, 3.63) is 53.4 Å². The smallest absolute Gasteiger partial charge is 0.152 e. The third-order valence-corrected chi connectivity index (χ3v) is 2.97. The Morgan fingerprint density at radius 1 is 0.824 bits per heavy atom. The van der Waals surface area contributed by atoms with E-state index >= 15 is 0 Å². The standard InChI is InChI=1S/C14H9NO2/c16-14-12-6-5-9-3-1-2-4-10(9)11(12)7-8-13(14)15-17/h1-8,16H. The number of hydrogen-bond acceptors (Lipinski definition) is 3. The van der Waals surface area contributed by atoms with E-state index in [-0.39, 0.29) is 11.4 Å². The van der Waals surface area contributed by atoms with Crippen LogP contribution in [0.3, 0.4) is 0 Å². The molecular formula is C14H9NO2. The SMILES string of the molecule is O=Nc1ccc2c(ccc3ccccc32)c1O. The monoisotopic (exact) mass is 223 g/mol. The van der Waals surface area contributed by atoms with Gasteiger partial charge in [-0.3, -0.25) is 0 Å². The van der Waals surface area contributed by atoms with Crippen LogP contribution in [0.5, 0.6) is 5.75 Å². The largest absolute Gasteiger partial charge is 0.505 e. The number of benzene rings is 3. The third-order valence-electron chi connectivity index (χ3n) is 2.97. The fourth-order valence-electron chi connectivity index (χ4n) is 2.13. The highest BCUT2D eigenvalue weighted by molar-refractivity contribution is 6.10. The highest BCUT2D eigenvalue weighted by Crippen LogP contribution is 2.37. The molecule has 3 aromatic rings. The molecule has 0 aliphatic rings. The zero-order valence-corrected chi connectivity index (χ0v) is 8.92. The molecule has 0 fully saturated rings. The predicted molar refractivity (Wildman–Crippen MR) is 68.6 cm³/mol. The summed E-state index contributed by atoms with van der Waals surface area (Å²) in [4.78, 5) is 10.5. The number of nitrogens with zero attached hydrogens (tertiary/aromatic N) is 1. The first-order valence-electron chi connectivity index (χ1n) is 5.28. The quantitative estimate of drug-likeness (QED) is 0.498. The average Bonchev–Trinajstić information content (AvgIpc) is 2.39. The van der Waals surface area contributed by atoms with Gasteiger partial charge in [-0.2, -0.15) is 0 Å². The summed E-state index contributed by atoms with van der Waals surface area (Å²) < 4.78 is 0. The van der Waals surface area contributed by atoms with Crippen molar-refractivity contribution >= 4 is 27.2 Å². The van der Waals surface area contributed by atoms with Crippen LogP contribution in [-0.2, 0) is 0 Å². The van der Waals surface area contributed by atoms with E-state index in [2.05, 4.69) is 5.18 Å². The van der Waals surface area contributed by atoms with Crippen LogP contribution < -0.4 is 0 Å². The minimum Gasteiger partial charge on any atom is -0.505 e. The molecule has 3 aromatic carbocycles. The molecule has 0 saturated heterocycles. The lowest BCUT2D eigenvalue weighted by Gasteiger charge is -2.06. The van der Waals surface area contributed by atoms with Crippen molar-refractivity contribution in [3.63, 3.8) is 0 Å². The van der Waals surface area contributed by atoms with Crippen molar-refractivity contribution in [2.45, 2.75) is 0 Å². The molecule has 1 N–H and O–H groups in total. The Hall–Kier alpha value is -2.42. The number of aromatic hydroxyl groups is 1. The van der Waals surface area contributed by atoms with Gasteiger partial charge >= 0.3 is 0 Å². The maximum absolute atomic E-state index is 10.5. The minimum atomic E-state index is -0.0525. The van der Waals surface area contributed by atoms with E-state index in [1.807, 2.05) is 42.5 Å². The minimum absolute atomic E-state index is 0.0525. The van der Waals surface area contributed by atoms with Crippen molar-refractivity contribution in [1.82, 2.24) is 0 Å². The number of rotatable bonds is 1. The van der Waals surface area contributed by atoms with Gasteiger partial charge in [0.25, 0.3) is 0 Å². The first kappa shape index (κ1) is 9.78. The fraction of sp³-hybridized carbons (Fsp3) is 0. The van der Waals surface area contributed by atoms with Crippen LogP contribution in [0.25, 0.3) is 21.5 Å². The third kappa shape index (κ3) is 1.36. The summed E-state index contributed by atoms with van der Waals surface area (Å²) >= 11 is 0. The summed E-state index contributed by atoms with van der Waals surface area (Å²) in [5.74, 6) is -0.0525. The van der Waals surface area contributed by atoms with Crippen molar-refractivity contribution < 1.29 is 5.11 Å².